The number of aromatic nitrogens is 2. The zero-order valence-electron chi connectivity index (χ0n) is 10.7. The van der Waals surface area contributed by atoms with Crippen LogP contribution in [0.1, 0.15) is 32.0 Å². The van der Waals surface area contributed by atoms with E-state index < -0.39 is 5.54 Å². The van der Waals surface area contributed by atoms with Crippen LogP contribution in [-0.4, -0.2) is 37.1 Å². The molecule has 1 rings (SSSR count). The maximum Gasteiger partial charge on any atom is 0.229 e. The molecule has 1 aromatic rings. The smallest absolute Gasteiger partial charge is 0.229 e. The maximum absolute atomic E-state index is 6.00. The van der Waals surface area contributed by atoms with Gasteiger partial charge in [0.2, 0.25) is 5.89 Å². The highest BCUT2D eigenvalue weighted by Gasteiger charge is 2.27. The van der Waals surface area contributed by atoms with Gasteiger partial charge < -0.3 is 19.7 Å². The largest absolute Gasteiger partial charge is 0.382 e. The molecule has 1 atom stereocenters. The van der Waals surface area contributed by atoms with E-state index in [0.717, 1.165) is 13.0 Å². The first-order valence-corrected chi connectivity index (χ1v) is 5.78. The summed E-state index contributed by atoms with van der Waals surface area (Å²) in [7, 11) is 1.59. The highest BCUT2D eigenvalue weighted by Crippen LogP contribution is 2.14. The van der Waals surface area contributed by atoms with E-state index in [0.29, 0.717) is 31.3 Å². The van der Waals surface area contributed by atoms with Crippen LogP contribution in [0.15, 0.2) is 4.52 Å². The number of rotatable bonds is 8. The van der Waals surface area contributed by atoms with E-state index in [1.807, 2.05) is 0 Å². The lowest BCUT2D eigenvalue weighted by atomic mass is 10.1. The molecule has 1 heterocycles. The van der Waals surface area contributed by atoms with Gasteiger partial charge in [-0.25, -0.2) is 0 Å². The van der Waals surface area contributed by atoms with E-state index in [1.165, 1.54) is 0 Å². The Balaban J connectivity index is 2.47. The molecule has 0 fully saturated rings. The van der Waals surface area contributed by atoms with Crippen LogP contribution in [0.25, 0.3) is 0 Å². The third-order valence-corrected chi connectivity index (χ3v) is 2.23. The molecule has 0 aliphatic rings. The van der Waals surface area contributed by atoms with Crippen LogP contribution < -0.4 is 5.73 Å². The molecule has 0 spiro atoms. The molecule has 6 nitrogen and oxygen atoms in total. The third-order valence-electron chi connectivity index (χ3n) is 2.23. The molecule has 0 aliphatic carbocycles. The molecule has 0 saturated carbocycles. The zero-order chi connectivity index (χ0) is 12.7. The SMILES string of the molecule is CCCOCCc1nc(C(C)(N)COC)no1. The minimum Gasteiger partial charge on any atom is -0.382 e. The molecular formula is C11H21N3O3. The van der Waals surface area contributed by atoms with Gasteiger partial charge in [-0.15, -0.1) is 0 Å². The van der Waals surface area contributed by atoms with E-state index >= 15 is 0 Å². The Morgan fingerprint density at radius 1 is 1.41 bits per heavy atom. The Morgan fingerprint density at radius 2 is 2.18 bits per heavy atom. The fourth-order valence-electron chi connectivity index (χ4n) is 1.36. The molecule has 0 bridgehead atoms. The van der Waals surface area contributed by atoms with E-state index in [4.69, 9.17) is 19.7 Å². The zero-order valence-corrected chi connectivity index (χ0v) is 10.7. The van der Waals surface area contributed by atoms with Crippen molar-refractivity contribution in [1.29, 1.82) is 0 Å². The number of methoxy groups -OCH3 is 1. The maximum atomic E-state index is 6.00. The van der Waals surface area contributed by atoms with E-state index in [1.54, 1.807) is 14.0 Å². The van der Waals surface area contributed by atoms with Crippen molar-refractivity contribution in [1.82, 2.24) is 10.1 Å². The van der Waals surface area contributed by atoms with Crippen LogP contribution in [-0.2, 0) is 21.4 Å². The molecule has 0 aromatic carbocycles. The van der Waals surface area contributed by atoms with Crippen LogP contribution in [0.5, 0.6) is 0 Å². The molecule has 0 saturated heterocycles. The number of hydrogen-bond acceptors (Lipinski definition) is 6. The van der Waals surface area contributed by atoms with Gasteiger partial charge in [0.05, 0.1) is 19.6 Å². The average molecular weight is 243 g/mol. The predicted molar refractivity (Wildman–Crippen MR) is 62.5 cm³/mol. The highest BCUT2D eigenvalue weighted by atomic mass is 16.5. The van der Waals surface area contributed by atoms with Crippen molar-refractivity contribution in [2.24, 2.45) is 5.73 Å². The van der Waals surface area contributed by atoms with Gasteiger partial charge in [-0.3, -0.25) is 0 Å². The van der Waals surface area contributed by atoms with Crippen molar-refractivity contribution < 1.29 is 14.0 Å². The molecule has 0 radical (unpaired) electrons. The van der Waals surface area contributed by atoms with Crippen LogP contribution in [0.2, 0.25) is 0 Å². The number of ether oxygens (including phenoxy) is 2. The Bertz CT molecular complexity index is 326. The Kier molecular flexibility index (Phi) is 5.54. The average Bonchev–Trinajstić information content (AvgIpc) is 2.74. The van der Waals surface area contributed by atoms with E-state index in [2.05, 4.69) is 17.1 Å². The number of hydrogen-bond donors (Lipinski definition) is 1. The summed E-state index contributed by atoms with van der Waals surface area (Å²) in [4.78, 5) is 4.24. The highest BCUT2D eigenvalue weighted by molar-refractivity contribution is 5.01. The van der Waals surface area contributed by atoms with Crippen LogP contribution in [0.4, 0.5) is 0 Å². The van der Waals surface area contributed by atoms with Crippen LogP contribution in [0.3, 0.4) is 0 Å². The van der Waals surface area contributed by atoms with Crippen molar-refractivity contribution in [2.75, 3.05) is 26.9 Å². The molecule has 98 valence electrons. The summed E-state index contributed by atoms with van der Waals surface area (Å²) in [6.45, 7) is 5.55. The van der Waals surface area contributed by atoms with Crippen LogP contribution in [0, 0.1) is 0 Å². The molecular weight excluding hydrogens is 222 g/mol. The van der Waals surface area contributed by atoms with Gasteiger partial charge in [0.25, 0.3) is 0 Å². The minimum absolute atomic E-state index is 0.346. The van der Waals surface area contributed by atoms with Crippen molar-refractivity contribution in [3.8, 4) is 0 Å². The van der Waals surface area contributed by atoms with Gasteiger partial charge in [-0.2, -0.15) is 4.98 Å². The molecule has 1 unspecified atom stereocenters. The van der Waals surface area contributed by atoms with Crippen molar-refractivity contribution in [3.05, 3.63) is 11.7 Å². The van der Waals surface area contributed by atoms with E-state index in [-0.39, 0.29) is 0 Å². The summed E-state index contributed by atoms with van der Waals surface area (Å²) in [6.07, 6.45) is 1.61. The topological polar surface area (TPSA) is 83.4 Å². The van der Waals surface area contributed by atoms with Gasteiger partial charge in [0.15, 0.2) is 5.82 Å². The Hall–Kier alpha value is -0.980. The summed E-state index contributed by atoms with van der Waals surface area (Å²) >= 11 is 0. The number of nitrogens with zero attached hydrogens (tertiary/aromatic N) is 2. The van der Waals surface area contributed by atoms with Gasteiger partial charge in [0, 0.05) is 13.7 Å². The molecule has 6 heteroatoms. The fourth-order valence-corrected chi connectivity index (χ4v) is 1.36. The molecule has 2 N–H and O–H groups in total. The normalized spacial score (nSPS) is 14.8. The van der Waals surface area contributed by atoms with Crippen molar-refractivity contribution >= 4 is 0 Å². The van der Waals surface area contributed by atoms with Gasteiger partial charge in [-0.05, 0) is 13.3 Å². The summed E-state index contributed by atoms with van der Waals surface area (Å²) in [6, 6.07) is 0. The molecule has 0 aliphatic heterocycles. The number of nitrogens with two attached hydrogens (primary N) is 1. The molecule has 17 heavy (non-hydrogen) atoms. The molecule has 1 aromatic heterocycles. The van der Waals surface area contributed by atoms with Gasteiger partial charge in [-0.1, -0.05) is 12.1 Å². The predicted octanol–water partition coefficient (Wildman–Crippen LogP) is 0.859. The standard InChI is InChI=1S/C11H21N3O3/c1-4-6-16-7-5-9-13-10(14-17-9)11(2,12)8-15-3/h4-8,12H2,1-3H3. The monoisotopic (exact) mass is 243 g/mol. The van der Waals surface area contributed by atoms with Crippen molar-refractivity contribution in [3.63, 3.8) is 0 Å². The summed E-state index contributed by atoms with van der Waals surface area (Å²) < 4.78 is 15.5. The lowest BCUT2D eigenvalue weighted by Crippen LogP contribution is -2.39. The first-order valence-electron chi connectivity index (χ1n) is 5.78. The second-order valence-electron chi connectivity index (χ2n) is 4.22. The molecule has 0 amide bonds. The quantitative estimate of drug-likeness (QED) is 0.682. The lowest BCUT2D eigenvalue weighted by molar-refractivity contribution is 0.131. The fraction of sp³-hybridized carbons (Fsp3) is 0.818. The van der Waals surface area contributed by atoms with Crippen LogP contribution >= 0.6 is 0 Å². The van der Waals surface area contributed by atoms with Gasteiger partial charge >= 0.3 is 0 Å². The lowest BCUT2D eigenvalue weighted by Gasteiger charge is -2.18. The minimum atomic E-state index is -0.721. The Morgan fingerprint density at radius 3 is 2.82 bits per heavy atom. The van der Waals surface area contributed by atoms with E-state index in [9.17, 15) is 0 Å². The summed E-state index contributed by atoms with van der Waals surface area (Å²) in [5.74, 6) is 1.01. The first kappa shape index (κ1) is 14.1. The second kappa shape index (κ2) is 6.68. The van der Waals surface area contributed by atoms with Crippen molar-refractivity contribution in [2.45, 2.75) is 32.2 Å². The van der Waals surface area contributed by atoms with Gasteiger partial charge in [0.1, 0.15) is 5.54 Å². The Labute approximate surface area is 101 Å². The summed E-state index contributed by atoms with van der Waals surface area (Å²) in [5.41, 5.74) is 5.28. The second-order valence-corrected chi connectivity index (χ2v) is 4.22. The third kappa shape index (κ3) is 4.41. The summed E-state index contributed by atoms with van der Waals surface area (Å²) in [5, 5.41) is 3.86. The first-order chi connectivity index (χ1) is 8.10.